The number of anilines is 2. The van der Waals surface area contributed by atoms with E-state index >= 15 is 0 Å². The van der Waals surface area contributed by atoms with Crippen LogP contribution in [0.2, 0.25) is 5.02 Å². The number of carboxylic acid groups (broad SMARTS) is 1. The molecule has 8 nitrogen and oxygen atoms in total. The molecule has 0 amide bonds. The number of carbonyl (C=O) groups is 1. The van der Waals surface area contributed by atoms with Gasteiger partial charge in [0.1, 0.15) is 19.8 Å². The number of nitrogens with one attached hydrogen (secondary N) is 1. The van der Waals surface area contributed by atoms with Gasteiger partial charge in [-0.2, -0.15) is 0 Å². The summed E-state index contributed by atoms with van der Waals surface area (Å²) in [6.45, 7) is 0.744. The summed E-state index contributed by atoms with van der Waals surface area (Å²) < 4.78 is 16.7. The summed E-state index contributed by atoms with van der Waals surface area (Å²) in [6.07, 6.45) is 1.50. The first-order chi connectivity index (χ1) is 16.1. The maximum Gasteiger partial charge on any atom is 0.325 e. The third-order valence-electron chi connectivity index (χ3n) is 5.07. The predicted octanol–water partition coefficient (Wildman–Crippen LogP) is 5.17. The van der Waals surface area contributed by atoms with Gasteiger partial charge in [0, 0.05) is 11.8 Å². The molecule has 5 rings (SSSR count). The molecule has 0 saturated carbocycles. The standard InChI is InChI=1S/C24H18ClN3O5/c25-23-16(15-5-7-20-21(11-15)32-9-8-31-20)2-1-3-18(23)27-24-17-10-14(12-26-13-22(29)30)4-6-19(17)33-28-24/h1-7,10-12H,8-9,13H2,(H,27,28)(H,29,30). The van der Waals surface area contributed by atoms with Gasteiger partial charge in [-0.05, 0) is 47.5 Å². The van der Waals surface area contributed by atoms with Crippen molar-refractivity contribution in [1.29, 1.82) is 0 Å². The molecule has 0 spiro atoms. The molecule has 166 valence electrons. The molecule has 0 atom stereocenters. The maximum atomic E-state index is 10.7. The van der Waals surface area contributed by atoms with E-state index in [1.165, 1.54) is 6.21 Å². The van der Waals surface area contributed by atoms with Crippen molar-refractivity contribution in [3.8, 4) is 22.6 Å². The Morgan fingerprint density at radius 1 is 1.12 bits per heavy atom. The first-order valence-electron chi connectivity index (χ1n) is 10.1. The largest absolute Gasteiger partial charge is 0.486 e. The smallest absolute Gasteiger partial charge is 0.325 e. The van der Waals surface area contributed by atoms with Gasteiger partial charge in [-0.15, -0.1) is 0 Å². The van der Waals surface area contributed by atoms with Crippen LogP contribution in [0, 0.1) is 0 Å². The summed E-state index contributed by atoms with van der Waals surface area (Å²) in [6, 6.07) is 16.7. The highest BCUT2D eigenvalue weighted by atomic mass is 35.5. The van der Waals surface area contributed by atoms with Crippen LogP contribution < -0.4 is 14.8 Å². The van der Waals surface area contributed by atoms with Gasteiger partial charge >= 0.3 is 5.97 Å². The van der Waals surface area contributed by atoms with Crippen LogP contribution in [0.4, 0.5) is 11.5 Å². The third-order valence-corrected chi connectivity index (χ3v) is 5.47. The van der Waals surface area contributed by atoms with E-state index < -0.39 is 5.97 Å². The fourth-order valence-corrected chi connectivity index (χ4v) is 3.83. The van der Waals surface area contributed by atoms with Crippen molar-refractivity contribution in [2.75, 3.05) is 25.1 Å². The number of halogens is 1. The van der Waals surface area contributed by atoms with E-state index in [-0.39, 0.29) is 6.54 Å². The lowest BCUT2D eigenvalue weighted by Crippen LogP contribution is -2.15. The highest BCUT2D eigenvalue weighted by Gasteiger charge is 2.16. The van der Waals surface area contributed by atoms with Crippen LogP contribution in [-0.4, -0.2) is 42.2 Å². The van der Waals surface area contributed by atoms with Crippen molar-refractivity contribution in [2.24, 2.45) is 4.99 Å². The Kier molecular flexibility index (Phi) is 5.58. The van der Waals surface area contributed by atoms with Crippen LogP contribution in [0.3, 0.4) is 0 Å². The zero-order valence-electron chi connectivity index (χ0n) is 17.2. The predicted molar refractivity (Wildman–Crippen MR) is 125 cm³/mol. The number of aromatic nitrogens is 1. The van der Waals surface area contributed by atoms with Crippen molar-refractivity contribution in [3.63, 3.8) is 0 Å². The van der Waals surface area contributed by atoms with E-state index in [9.17, 15) is 4.79 Å². The molecular formula is C24H18ClN3O5. The van der Waals surface area contributed by atoms with Crippen LogP contribution in [-0.2, 0) is 4.79 Å². The molecule has 0 aliphatic carbocycles. The summed E-state index contributed by atoms with van der Waals surface area (Å²) in [7, 11) is 0. The first kappa shape index (κ1) is 20.8. The molecule has 2 N–H and O–H groups in total. The minimum Gasteiger partial charge on any atom is -0.486 e. The van der Waals surface area contributed by atoms with Crippen molar-refractivity contribution < 1.29 is 23.9 Å². The fraction of sp³-hybridized carbons (Fsp3) is 0.125. The number of aliphatic imine (C=N–C) groups is 1. The topological polar surface area (TPSA) is 106 Å². The number of benzene rings is 3. The Morgan fingerprint density at radius 3 is 2.82 bits per heavy atom. The second kappa shape index (κ2) is 8.84. The molecule has 3 aromatic carbocycles. The number of aliphatic carboxylic acids is 1. The number of hydrogen-bond donors (Lipinski definition) is 2. The van der Waals surface area contributed by atoms with E-state index in [0.29, 0.717) is 46.8 Å². The zero-order valence-corrected chi connectivity index (χ0v) is 18.0. The number of rotatable bonds is 6. The first-order valence-corrected chi connectivity index (χ1v) is 10.5. The summed E-state index contributed by atoms with van der Waals surface area (Å²) in [5, 5.41) is 17.3. The summed E-state index contributed by atoms with van der Waals surface area (Å²) in [5.74, 6) is 0.895. The normalized spacial score (nSPS) is 12.9. The minimum absolute atomic E-state index is 0.297. The zero-order chi connectivity index (χ0) is 22.8. The van der Waals surface area contributed by atoms with Crippen LogP contribution in [0.25, 0.3) is 22.1 Å². The number of carboxylic acids is 1. The monoisotopic (exact) mass is 463 g/mol. The summed E-state index contributed by atoms with van der Waals surface area (Å²) in [4.78, 5) is 14.6. The van der Waals surface area contributed by atoms with E-state index in [2.05, 4.69) is 15.5 Å². The SMILES string of the molecule is O=C(O)CN=Cc1ccc2onc(Nc3cccc(-c4ccc5c(c4)OCCO5)c3Cl)c2c1. The Balaban J connectivity index is 1.45. The van der Waals surface area contributed by atoms with Gasteiger partial charge in [-0.1, -0.05) is 35.0 Å². The average Bonchev–Trinajstić information content (AvgIpc) is 3.22. The molecule has 33 heavy (non-hydrogen) atoms. The Hall–Kier alpha value is -4.04. The molecule has 0 radical (unpaired) electrons. The average molecular weight is 464 g/mol. The van der Waals surface area contributed by atoms with Crippen molar-refractivity contribution in [2.45, 2.75) is 0 Å². The molecule has 1 aromatic heterocycles. The molecule has 9 heteroatoms. The maximum absolute atomic E-state index is 10.7. The number of nitrogens with zero attached hydrogens (tertiary/aromatic N) is 2. The third kappa shape index (κ3) is 4.33. The highest BCUT2D eigenvalue weighted by Crippen LogP contribution is 2.40. The Morgan fingerprint density at radius 2 is 1.97 bits per heavy atom. The van der Waals surface area contributed by atoms with Crippen molar-refractivity contribution >= 4 is 46.3 Å². The summed E-state index contributed by atoms with van der Waals surface area (Å²) in [5.41, 5.74) is 3.69. The van der Waals surface area contributed by atoms with Crippen LogP contribution >= 0.6 is 11.6 Å². The van der Waals surface area contributed by atoms with E-state index in [1.807, 2.05) is 42.5 Å². The highest BCUT2D eigenvalue weighted by molar-refractivity contribution is 6.36. The summed E-state index contributed by atoms with van der Waals surface area (Å²) >= 11 is 6.75. The minimum atomic E-state index is -0.993. The number of fused-ring (bicyclic) bond motifs is 2. The molecule has 4 aromatic rings. The molecule has 0 saturated heterocycles. The molecule has 0 unspecified atom stereocenters. The lowest BCUT2D eigenvalue weighted by Gasteiger charge is -2.19. The van der Waals surface area contributed by atoms with E-state index in [1.54, 1.807) is 12.1 Å². The Bertz CT molecular complexity index is 1380. The second-order valence-corrected chi connectivity index (χ2v) is 7.68. The van der Waals surface area contributed by atoms with Gasteiger partial charge in [0.15, 0.2) is 22.9 Å². The quantitative estimate of drug-likeness (QED) is 0.380. The van der Waals surface area contributed by atoms with Crippen LogP contribution in [0.5, 0.6) is 11.5 Å². The second-order valence-electron chi connectivity index (χ2n) is 7.30. The molecule has 0 fully saturated rings. The van der Waals surface area contributed by atoms with Crippen LogP contribution in [0.1, 0.15) is 5.56 Å². The Labute approximate surface area is 193 Å². The van der Waals surface area contributed by atoms with Crippen molar-refractivity contribution in [3.05, 3.63) is 65.2 Å². The van der Waals surface area contributed by atoms with Gasteiger partial charge in [0.2, 0.25) is 0 Å². The van der Waals surface area contributed by atoms with E-state index in [0.717, 1.165) is 22.1 Å². The van der Waals surface area contributed by atoms with Crippen LogP contribution in [0.15, 0.2) is 64.1 Å². The van der Waals surface area contributed by atoms with Gasteiger partial charge < -0.3 is 24.4 Å². The van der Waals surface area contributed by atoms with Gasteiger partial charge in [0.05, 0.1) is 16.1 Å². The molecule has 0 bridgehead atoms. The van der Waals surface area contributed by atoms with Crippen molar-refractivity contribution in [1.82, 2.24) is 5.16 Å². The van der Waals surface area contributed by atoms with Gasteiger partial charge in [-0.25, -0.2) is 0 Å². The fourth-order valence-electron chi connectivity index (χ4n) is 3.55. The molecule has 1 aliphatic heterocycles. The molecule has 1 aliphatic rings. The van der Waals surface area contributed by atoms with Gasteiger partial charge in [0.25, 0.3) is 0 Å². The van der Waals surface area contributed by atoms with Gasteiger partial charge in [-0.3, -0.25) is 9.79 Å². The number of hydrogen-bond acceptors (Lipinski definition) is 7. The lowest BCUT2D eigenvalue weighted by molar-refractivity contribution is -0.135. The number of ether oxygens (including phenoxy) is 2. The molecular weight excluding hydrogens is 446 g/mol. The van der Waals surface area contributed by atoms with E-state index in [4.69, 9.17) is 30.7 Å². The molecule has 2 heterocycles. The lowest BCUT2D eigenvalue weighted by atomic mass is 10.0.